The van der Waals surface area contributed by atoms with Crippen LogP contribution < -0.4 is 10.4 Å². The molecule has 0 bridgehead atoms. The molecule has 0 aliphatic carbocycles. The van der Waals surface area contributed by atoms with E-state index in [9.17, 15) is 4.79 Å². The number of benzene rings is 2. The molecule has 0 amide bonds. The molecule has 0 N–H and O–H groups in total. The number of ether oxygens (including phenoxy) is 1. The summed E-state index contributed by atoms with van der Waals surface area (Å²) in [4.78, 5) is 11.2. The fourth-order valence-corrected chi connectivity index (χ4v) is 8.99. The second kappa shape index (κ2) is 8.47. The third-order valence-corrected chi connectivity index (χ3v) is 9.84. The van der Waals surface area contributed by atoms with E-state index in [0.717, 1.165) is 19.3 Å². The van der Waals surface area contributed by atoms with Gasteiger partial charge >= 0.3 is 5.97 Å². The van der Waals surface area contributed by atoms with Crippen LogP contribution in [0.3, 0.4) is 0 Å². The first-order valence-electron chi connectivity index (χ1n) is 9.20. The molecule has 3 rings (SSSR count). The van der Waals surface area contributed by atoms with Crippen molar-refractivity contribution in [1.82, 2.24) is 0 Å². The molecule has 1 heterocycles. The molecule has 2 aromatic carbocycles. The van der Waals surface area contributed by atoms with Gasteiger partial charge in [0, 0.05) is 13.0 Å². The van der Waals surface area contributed by atoms with Crippen LogP contribution in [0.2, 0.25) is 5.54 Å². The van der Waals surface area contributed by atoms with Crippen molar-refractivity contribution < 1.29 is 14.0 Å². The minimum atomic E-state index is -2.43. The SMILES string of the molecule is C=CC[C@@H]1C[C@H](CCOC(C)=O)[Si](c2ccccc2)(c2ccccc2)O1. The Hall–Kier alpha value is -2.17. The third-order valence-electron chi connectivity index (χ3n) is 5.08. The first-order valence-corrected chi connectivity index (χ1v) is 11.2. The molecule has 0 unspecified atom stereocenters. The highest BCUT2D eigenvalue weighted by atomic mass is 28.4. The summed E-state index contributed by atoms with van der Waals surface area (Å²) in [6.07, 6.45) is 4.75. The van der Waals surface area contributed by atoms with E-state index in [0.29, 0.717) is 12.1 Å². The molecular formula is C22H26O3Si. The van der Waals surface area contributed by atoms with Gasteiger partial charge in [-0.3, -0.25) is 4.79 Å². The van der Waals surface area contributed by atoms with Crippen molar-refractivity contribution in [3.8, 4) is 0 Å². The molecule has 1 aliphatic rings. The number of carbonyl (C=O) groups is 1. The van der Waals surface area contributed by atoms with Crippen LogP contribution in [-0.2, 0) is 14.0 Å². The molecule has 2 atom stereocenters. The lowest BCUT2D eigenvalue weighted by atomic mass is 10.1. The van der Waals surface area contributed by atoms with Crippen LogP contribution in [0.1, 0.15) is 26.2 Å². The van der Waals surface area contributed by atoms with Crippen molar-refractivity contribution in [1.29, 1.82) is 0 Å². The maximum absolute atomic E-state index is 11.2. The minimum absolute atomic E-state index is 0.168. The monoisotopic (exact) mass is 366 g/mol. The van der Waals surface area contributed by atoms with E-state index < -0.39 is 8.32 Å². The summed E-state index contributed by atoms with van der Waals surface area (Å²) < 4.78 is 12.1. The van der Waals surface area contributed by atoms with Crippen molar-refractivity contribution in [3.05, 3.63) is 73.3 Å². The van der Waals surface area contributed by atoms with Gasteiger partial charge in [-0.1, -0.05) is 66.7 Å². The average molecular weight is 367 g/mol. The Labute approximate surface area is 156 Å². The lowest BCUT2D eigenvalue weighted by Crippen LogP contribution is -2.61. The van der Waals surface area contributed by atoms with E-state index in [1.807, 2.05) is 18.2 Å². The Morgan fingerprint density at radius 1 is 1.15 bits per heavy atom. The normalized spacial score (nSPS) is 21.3. The highest BCUT2D eigenvalue weighted by molar-refractivity contribution is 6.99. The predicted molar refractivity (Wildman–Crippen MR) is 107 cm³/mol. The van der Waals surface area contributed by atoms with Crippen LogP contribution in [0.4, 0.5) is 0 Å². The minimum Gasteiger partial charge on any atom is -0.466 e. The molecule has 2 aromatic rings. The number of rotatable bonds is 7. The zero-order valence-electron chi connectivity index (χ0n) is 15.3. The largest absolute Gasteiger partial charge is 0.466 e. The molecule has 0 radical (unpaired) electrons. The summed E-state index contributed by atoms with van der Waals surface area (Å²) in [6.45, 7) is 5.80. The van der Waals surface area contributed by atoms with Gasteiger partial charge in [-0.25, -0.2) is 0 Å². The van der Waals surface area contributed by atoms with Gasteiger partial charge in [0.1, 0.15) is 0 Å². The smallest absolute Gasteiger partial charge is 0.302 e. The highest BCUT2D eigenvalue weighted by Gasteiger charge is 2.53. The van der Waals surface area contributed by atoms with Crippen molar-refractivity contribution in [2.45, 2.75) is 37.8 Å². The van der Waals surface area contributed by atoms with Crippen LogP contribution in [0, 0.1) is 0 Å². The Bertz CT molecular complexity index is 690. The molecular weight excluding hydrogens is 340 g/mol. The van der Waals surface area contributed by atoms with Crippen molar-refractivity contribution in [3.63, 3.8) is 0 Å². The summed E-state index contributed by atoms with van der Waals surface area (Å²) in [5.74, 6) is -0.224. The molecule has 1 fully saturated rings. The van der Waals surface area contributed by atoms with Gasteiger partial charge in [0.15, 0.2) is 0 Å². The van der Waals surface area contributed by atoms with Crippen LogP contribution in [0.25, 0.3) is 0 Å². The fraction of sp³-hybridized carbons (Fsp3) is 0.318. The van der Waals surface area contributed by atoms with Crippen LogP contribution in [-0.4, -0.2) is 27.0 Å². The Balaban J connectivity index is 2.02. The number of carbonyl (C=O) groups excluding carboxylic acids is 1. The first-order chi connectivity index (χ1) is 12.7. The van der Waals surface area contributed by atoms with E-state index in [2.05, 4.69) is 55.1 Å². The maximum Gasteiger partial charge on any atom is 0.302 e. The average Bonchev–Trinajstić information content (AvgIpc) is 3.02. The number of hydrogen-bond acceptors (Lipinski definition) is 3. The Morgan fingerprint density at radius 3 is 2.23 bits per heavy atom. The van der Waals surface area contributed by atoms with Crippen LogP contribution in [0.5, 0.6) is 0 Å². The summed E-state index contributed by atoms with van der Waals surface area (Å²) in [5, 5.41) is 2.57. The zero-order chi connectivity index (χ0) is 18.4. The predicted octanol–water partition coefficient (Wildman–Crippen LogP) is 3.43. The summed E-state index contributed by atoms with van der Waals surface area (Å²) >= 11 is 0. The number of esters is 1. The van der Waals surface area contributed by atoms with Crippen LogP contribution in [0.15, 0.2) is 73.3 Å². The van der Waals surface area contributed by atoms with Crippen molar-refractivity contribution in [2.24, 2.45) is 0 Å². The second-order valence-electron chi connectivity index (χ2n) is 6.79. The Kier molecular flexibility index (Phi) is 6.07. The lowest BCUT2D eigenvalue weighted by Gasteiger charge is -2.33. The molecule has 0 saturated carbocycles. The molecule has 1 saturated heterocycles. The van der Waals surface area contributed by atoms with E-state index in [4.69, 9.17) is 9.16 Å². The van der Waals surface area contributed by atoms with Gasteiger partial charge in [-0.2, -0.15) is 0 Å². The van der Waals surface area contributed by atoms with Gasteiger partial charge in [-0.05, 0) is 35.2 Å². The summed E-state index contributed by atoms with van der Waals surface area (Å²) in [5.41, 5.74) is 0.358. The third kappa shape index (κ3) is 3.81. The molecule has 0 aromatic heterocycles. The van der Waals surface area contributed by atoms with Gasteiger partial charge in [0.05, 0.1) is 6.61 Å². The van der Waals surface area contributed by atoms with Crippen molar-refractivity contribution >= 4 is 24.7 Å². The maximum atomic E-state index is 11.2. The quantitative estimate of drug-likeness (QED) is 0.428. The van der Waals surface area contributed by atoms with Crippen molar-refractivity contribution in [2.75, 3.05) is 6.61 Å². The standard InChI is InChI=1S/C22H26O3Si/c1-3-10-19-17-22(15-16-24-18(2)23)26(25-19,20-11-6-4-7-12-20)21-13-8-5-9-14-21/h3-9,11-14,19,22H,1,10,15-17H2,2H3/t19-,22+/m1/s1. The van der Waals surface area contributed by atoms with E-state index >= 15 is 0 Å². The van der Waals surface area contributed by atoms with E-state index in [-0.39, 0.29) is 12.1 Å². The van der Waals surface area contributed by atoms with Gasteiger partial charge in [0.2, 0.25) is 0 Å². The highest BCUT2D eigenvalue weighted by Crippen LogP contribution is 2.40. The second-order valence-corrected chi connectivity index (χ2v) is 10.5. The molecule has 3 nitrogen and oxygen atoms in total. The fourth-order valence-electron chi connectivity index (χ4n) is 4.03. The summed E-state index contributed by atoms with van der Waals surface area (Å²) in [7, 11) is -2.43. The molecule has 136 valence electrons. The first kappa shape index (κ1) is 18.6. The lowest BCUT2D eigenvalue weighted by molar-refractivity contribution is -0.141. The van der Waals surface area contributed by atoms with Crippen LogP contribution >= 0.6 is 0 Å². The molecule has 4 heteroatoms. The van der Waals surface area contributed by atoms with E-state index in [1.54, 1.807) is 0 Å². The van der Waals surface area contributed by atoms with Gasteiger partial charge in [0.25, 0.3) is 8.32 Å². The van der Waals surface area contributed by atoms with Gasteiger partial charge in [-0.15, -0.1) is 6.58 Å². The zero-order valence-corrected chi connectivity index (χ0v) is 16.3. The molecule has 0 spiro atoms. The topological polar surface area (TPSA) is 35.5 Å². The van der Waals surface area contributed by atoms with E-state index in [1.165, 1.54) is 17.3 Å². The summed E-state index contributed by atoms with van der Waals surface area (Å²) in [6, 6.07) is 21.2. The molecule has 26 heavy (non-hydrogen) atoms. The van der Waals surface area contributed by atoms with Gasteiger partial charge < -0.3 is 9.16 Å². The Morgan fingerprint density at radius 2 is 1.73 bits per heavy atom. The number of hydrogen-bond donors (Lipinski definition) is 0. The molecule has 1 aliphatic heterocycles.